The zero-order valence-electron chi connectivity index (χ0n) is 19.7. The second kappa shape index (κ2) is 9.22. The number of hydrogen-bond acceptors (Lipinski definition) is 9. The molecule has 0 radical (unpaired) electrons. The third-order valence-corrected chi connectivity index (χ3v) is 5.88. The van der Waals surface area contributed by atoms with Gasteiger partial charge < -0.3 is 14.6 Å². The third kappa shape index (κ3) is 4.87. The molecule has 4 heterocycles. The molecule has 0 saturated carbocycles. The Morgan fingerprint density at radius 1 is 1.20 bits per heavy atom. The lowest BCUT2D eigenvalue weighted by Crippen LogP contribution is -2.53. The smallest absolute Gasteiger partial charge is 0.272 e. The number of piperazine rings is 1. The molecule has 0 aliphatic carbocycles. The van der Waals surface area contributed by atoms with E-state index in [9.17, 15) is 9.59 Å². The lowest BCUT2D eigenvalue weighted by molar-refractivity contribution is -0.114. The van der Waals surface area contributed by atoms with Gasteiger partial charge >= 0.3 is 0 Å². The summed E-state index contributed by atoms with van der Waals surface area (Å²) in [5.74, 6) is 0.744. The number of nitrogens with zero attached hydrogens (tertiary/aromatic N) is 8. The molecule has 1 atom stereocenters. The predicted molar refractivity (Wildman–Crippen MR) is 126 cm³/mol. The van der Waals surface area contributed by atoms with Gasteiger partial charge in [-0.05, 0) is 42.5 Å². The van der Waals surface area contributed by atoms with Crippen LogP contribution in [-0.2, 0) is 18.4 Å². The van der Waals surface area contributed by atoms with Crippen molar-refractivity contribution < 1.29 is 14.0 Å². The minimum atomic E-state index is -0.161. The van der Waals surface area contributed by atoms with E-state index in [-0.39, 0.29) is 17.9 Å². The molecule has 12 nitrogen and oxygen atoms in total. The Morgan fingerprint density at radius 2 is 2.06 bits per heavy atom. The SMILES string of the molecule is CC(=O)Nc1ccc2oc(-c3ccnc(C(=O)N4CCN(Cc5nnn(C)n5)C(C)C4)c3)nc2c1. The molecule has 1 saturated heterocycles. The van der Waals surface area contributed by atoms with E-state index in [4.69, 9.17) is 4.42 Å². The third-order valence-electron chi connectivity index (χ3n) is 5.88. The summed E-state index contributed by atoms with van der Waals surface area (Å²) >= 11 is 0. The zero-order chi connectivity index (χ0) is 24.5. The van der Waals surface area contributed by atoms with Crippen molar-refractivity contribution in [2.24, 2.45) is 7.05 Å². The average Bonchev–Trinajstić information content (AvgIpc) is 3.45. The summed E-state index contributed by atoms with van der Waals surface area (Å²) in [6.07, 6.45) is 1.58. The summed E-state index contributed by atoms with van der Waals surface area (Å²) in [7, 11) is 1.74. The van der Waals surface area contributed by atoms with Crippen LogP contribution in [0.25, 0.3) is 22.6 Å². The Bertz CT molecular complexity index is 1400. The van der Waals surface area contributed by atoms with Gasteiger partial charge in [-0.1, -0.05) is 0 Å². The van der Waals surface area contributed by atoms with E-state index in [1.54, 1.807) is 43.6 Å². The van der Waals surface area contributed by atoms with E-state index in [2.05, 4.69) is 42.5 Å². The summed E-state index contributed by atoms with van der Waals surface area (Å²) in [6, 6.07) is 8.83. The van der Waals surface area contributed by atoms with Crippen molar-refractivity contribution in [2.75, 3.05) is 25.0 Å². The topological polar surface area (TPSA) is 135 Å². The highest BCUT2D eigenvalue weighted by Crippen LogP contribution is 2.27. The quantitative estimate of drug-likeness (QED) is 0.458. The Kier molecular flexibility index (Phi) is 5.95. The molecule has 1 aromatic carbocycles. The van der Waals surface area contributed by atoms with Crippen LogP contribution in [0, 0.1) is 0 Å². The highest BCUT2D eigenvalue weighted by Gasteiger charge is 2.29. The van der Waals surface area contributed by atoms with Crippen LogP contribution >= 0.6 is 0 Å². The van der Waals surface area contributed by atoms with E-state index >= 15 is 0 Å². The normalized spacial score (nSPS) is 16.5. The maximum Gasteiger partial charge on any atom is 0.272 e. The molecule has 3 aromatic heterocycles. The van der Waals surface area contributed by atoms with Crippen LogP contribution in [0.2, 0.25) is 0 Å². The van der Waals surface area contributed by atoms with Gasteiger partial charge in [0, 0.05) is 50.0 Å². The van der Waals surface area contributed by atoms with Gasteiger partial charge in [-0.25, -0.2) is 4.98 Å². The number of anilines is 1. The van der Waals surface area contributed by atoms with Crippen molar-refractivity contribution in [3.8, 4) is 11.5 Å². The van der Waals surface area contributed by atoms with E-state index in [1.165, 1.54) is 11.7 Å². The van der Waals surface area contributed by atoms with Crippen molar-refractivity contribution in [3.63, 3.8) is 0 Å². The molecule has 1 N–H and O–H groups in total. The molecule has 4 aromatic rings. The largest absolute Gasteiger partial charge is 0.436 e. The van der Waals surface area contributed by atoms with E-state index < -0.39 is 0 Å². The first kappa shape index (κ1) is 22.6. The lowest BCUT2D eigenvalue weighted by Gasteiger charge is -2.39. The summed E-state index contributed by atoms with van der Waals surface area (Å²) < 4.78 is 5.88. The first-order chi connectivity index (χ1) is 16.9. The number of oxazole rings is 1. The summed E-state index contributed by atoms with van der Waals surface area (Å²) in [4.78, 5) is 38.9. The van der Waals surface area contributed by atoms with Gasteiger partial charge in [0.2, 0.25) is 11.8 Å². The number of carbonyl (C=O) groups excluding carboxylic acids is 2. The van der Waals surface area contributed by atoms with Gasteiger partial charge in [-0.3, -0.25) is 19.5 Å². The van der Waals surface area contributed by atoms with Gasteiger partial charge in [-0.15, -0.1) is 10.2 Å². The molecule has 5 rings (SSSR count). The standard InChI is InChI=1S/C23H25N9O3/c1-14-12-32(9-8-31(14)13-21-27-29-30(3)28-21)23(34)19-10-16(6-7-24-19)22-26-18-11-17(25-15(2)33)4-5-20(18)35-22/h4-7,10-11,14H,8-9,12-13H2,1-3H3,(H,25,33). The number of aryl methyl sites for hydroxylation is 1. The molecule has 0 bridgehead atoms. The Hall–Kier alpha value is -4.19. The maximum atomic E-state index is 13.2. The van der Waals surface area contributed by atoms with Gasteiger partial charge in [0.15, 0.2) is 11.4 Å². The molecule has 1 aliphatic heterocycles. The number of amides is 2. The van der Waals surface area contributed by atoms with Crippen LogP contribution in [0.3, 0.4) is 0 Å². The molecular formula is C23H25N9O3. The summed E-state index contributed by atoms with van der Waals surface area (Å²) in [5.41, 5.74) is 2.82. The number of carbonyl (C=O) groups is 2. The lowest BCUT2D eigenvalue weighted by atomic mass is 10.1. The summed E-state index contributed by atoms with van der Waals surface area (Å²) in [5, 5.41) is 14.9. The number of hydrogen-bond donors (Lipinski definition) is 1. The molecule has 35 heavy (non-hydrogen) atoms. The van der Waals surface area contributed by atoms with Crippen molar-refractivity contribution in [3.05, 3.63) is 48.0 Å². The second-order valence-electron chi connectivity index (χ2n) is 8.58. The van der Waals surface area contributed by atoms with Gasteiger partial charge in [0.05, 0.1) is 13.6 Å². The molecule has 1 aliphatic rings. The predicted octanol–water partition coefficient (Wildman–Crippen LogP) is 1.72. The fraction of sp³-hybridized carbons (Fsp3) is 0.348. The molecule has 180 valence electrons. The second-order valence-corrected chi connectivity index (χ2v) is 8.58. The van der Waals surface area contributed by atoms with Crippen molar-refractivity contribution in [2.45, 2.75) is 26.4 Å². The molecule has 0 spiro atoms. The highest BCUT2D eigenvalue weighted by molar-refractivity contribution is 5.94. The van der Waals surface area contributed by atoms with Gasteiger partial charge in [0.25, 0.3) is 5.91 Å². The number of fused-ring (bicyclic) bond motifs is 1. The van der Waals surface area contributed by atoms with E-state index in [0.717, 1.165) is 0 Å². The van der Waals surface area contributed by atoms with Crippen LogP contribution < -0.4 is 5.32 Å². The van der Waals surface area contributed by atoms with Crippen LogP contribution in [-0.4, -0.2) is 77.5 Å². The number of tetrazole rings is 1. The van der Waals surface area contributed by atoms with Crippen LogP contribution in [0.15, 0.2) is 40.9 Å². The van der Waals surface area contributed by atoms with Crippen LogP contribution in [0.4, 0.5) is 5.69 Å². The van der Waals surface area contributed by atoms with Crippen molar-refractivity contribution in [1.82, 2.24) is 40.0 Å². The van der Waals surface area contributed by atoms with E-state index in [1.807, 2.05) is 4.90 Å². The molecular weight excluding hydrogens is 450 g/mol. The number of benzene rings is 1. The van der Waals surface area contributed by atoms with Gasteiger partial charge in [0.1, 0.15) is 11.2 Å². The first-order valence-electron chi connectivity index (χ1n) is 11.3. The van der Waals surface area contributed by atoms with Crippen LogP contribution in [0.5, 0.6) is 0 Å². The number of aromatic nitrogens is 6. The summed E-state index contributed by atoms with van der Waals surface area (Å²) in [6.45, 7) is 5.96. The minimum absolute atomic E-state index is 0.134. The monoisotopic (exact) mass is 475 g/mol. The first-order valence-corrected chi connectivity index (χ1v) is 11.3. The highest BCUT2D eigenvalue weighted by atomic mass is 16.3. The van der Waals surface area contributed by atoms with E-state index in [0.29, 0.717) is 65.9 Å². The number of nitrogens with one attached hydrogen (secondary N) is 1. The zero-order valence-corrected chi connectivity index (χ0v) is 19.7. The molecule has 1 fully saturated rings. The molecule has 2 amide bonds. The Balaban J connectivity index is 1.30. The number of rotatable bonds is 5. The average molecular weight is 476 g/mol. The fourth-order valence-corrected chi connectivity index (χ4v) is 4.16. The van der Waals surface area contributed by atoms with Crippen LogP contribution in [0.1, 0.15) is 30.2 Å². The molecule has 12 heteroatoms. The number of pyridine rings is 1. The maximum absolute atomic E-state index is 13.2. The Labute approximate surface area is 200 Å². The fourth-order valence-electron chi connectivity index (χ4n) is 4.16. The molecule has 1 unspecified atom stereocenters. The minimum Gasteiger partial charge on any atom is -0.436 e. The van der Waals surface area contributed by atoms with Crippen molar-refractivity contribution in [1.29, 1.82) is 0 Å². The van der Waals surface area contributed by atoms with Crippen molar-refractivity contribution >= 4 is 28.6 Å². The van der Waals surface area contributed by atoms with Gasteiger partial charge in [-0.2, -0.15) is 4.80 Å². The Morgan fingerprint density at radius 3 is 2.80 bits per heavy atom.